The van der Waals surface area contributed by atoms with Gasteiger partial charge in [-0.2, -0.15) is 0 Å². The highest BCUT2D eigenvalue weighted by Crippen LogP contribution is 2.30. The molecule has 0 bridgehead atoms. The average Bonchev–Trinajstić information content (AvgIpc) is 2.40. The van der Waals surface area contributed by atoms with E-state index in [1.807, 2.05) is 6.07 Å². The molecule has 1 atom stereocenters. The van der Waals surface area contributed by atoms with Gasteiger partial charge in [0.25, 0.3) is 0 Å². The van der Waals surface area contributed by atoms with Gasteiger partial charge in [0, 0.05) is 0 Å². The highest BCUT2D eigenvalue weighted by Gasteiger charge is 2.37. The lowest BCUT2D eigenvalue weighted by Gasteiger charge is -2.19. The van der Waals surface area contributed by atoms with E-state index in [-0.39, 0.29) is 13.2 Å². The summed E-state index contributed by atoms with van der Waals surface area (Å²) >= 11 is 6.23. The van der Waals surface area contributed by atoms with Crippen LogP contribution in [0.1, 0.15) is 24.8 Å². The van der Waals surface area contributed by atoms with E-state index in [9.17, 15) is 9.59 Å². The molecule has 0 spiro atoms. The molecule has 0 aromatic heterocycles. The number of carbonyl (C=O) groups excluding carboxylic acids is 2. The number of alkyl halides is 1. The minimum absolute atomic E-state index is 0.188. The summed E-state index contributed by atoms with van der Waals surface area (Å²) in [6.45, 7) is 3.72. The van der Waals surface area contributed by atoms with Gasteiger partial charge in [0.15, 0.2) is 5.92 Å². The van der Waals surface area contributed by atoms with E-state index in [4.69, 9.17) is 21.1 Å². The molecule has 0 aliphatic carbocycles. The molecule has 0 saturated heterocycles. The van der Waals surface area contributed by atoms with Crippen molar-refractivity contribution < 1.29 is 19.1 Å². The quantitative estimate of drug-likeness (QED) is 0.458. The first-order chi connectivity index (χ1) is 9.11. The topological polar surface area (TPSA) is 52.6 Å². The first-order valence-electron chi connectivity index (χ1n) is 6.14. The molecule has 1 aromatic carbocycles. The van der Waals surface area contributed by atoms with Gasteiger partial charge < -0.3 is 9.47 Å². The number of carbonyl (C=O) groups is 2. The summed E-state index contributed by atoms with van der Waals surface area (Å²) in [5.41, 5.74) is 0.676. The minimum atomic E-state index is -1.15. The number of halogens is 1. The van der Waals surface area contributed by atoms with Gasteiger partial charge in [-0.05, 0) is 19.4 Å². The Bertz CT molecular complexity index is 401. The normalized spacial score (nSPS) is 12.0. The zero-order valence-electron chi connectivity index (χ0n) is 11.0. The zero-order chi connectivity index (χ0) is 14.3. The molecule has 0 heterocycles. The van der Waals surface area contributed by atoms with Gasteiger partial charge in [-0.3, -0.25) is 9.59 Å². The van der Waals surface area contributed by atoms with Gasteiger partial charge in [-0.1, -0.05) is 30.3 Å². The second-order valence-electron chi connectivity index (χ2n) is 3.79. The molecular weight excluding hydrogens is 268 g/mol. The maximum atomic E-state index is 11.9. The Morgan fingerprint density at radius 3 is 1.95 bits per heavy atom. The van der Waals surface area contributed by atoms with Crippen molar-refractivity contribution in [3.05, 3.63) is 35.9 Å². The molecule has 0 N–H and O–H groups in total. The van der Waals surface area contributed by atoms with Gasteiger partial charge in [0.1, 0.15) is 0 Å². The van der Waals surface area contributed by atoms with Crippen molar-refractivity contribution in [3.63, 3.8) is 0 Å². The van der Waals surface area contributed by atoms with Crippen LogP contribution >= 0.6 is 11.6 Å². The molecule has 4 nitrogen and oxygen atoms in total. The molecule has 19 heavy (non-hydrogen) atoms. The monoisotopic (exact) mass is 284 g/mol. The fraction of sp³-hybridized carbons (Fsp3) is 0.429. The molecule has 0 fully saturated rings. The van der Waals surface area contributed by atoms with Crippen LogP contribution in [0.3, 0.4) is 0 Å². The molecule has 0 aliphatic heterocycles. The lowest BCUT2D eigenvalue weighted by atomic mass is 9.99. The molecule has 1 aromatic rings. The summed E-state index contributed by atoms with van der Waals surface area (Å²) in [5, 5.41) is -0.806. The average molecular weight is 285 g/mol. The predicted octanol–water partition coefficient (Wildman–Crippen LogP) is 2.71. The Kier molecular flexibility index (Phi) is 6.36. The first-order valence-corrected chi connectivity index (χ1v) is 6.57. The summed E-state index contributed by atoms with van der Waals surface area (Å²) in [4.78, 5) is 23.7. The maximum Gasteiger partial charge on any atom is 0.322 e. The molecule has 0 aliphatic rings. The third-order valence-corrected chi connectivity index (χ3v) is 3.00. The number of benzene rings is 1. The minimum Gasteiger partial charge on any atom is -0.465 e. The number of hydrogen-bond donors (Lipinski definition) is 0. The van der Waals surface area contributed by atoms with Crippen molar-refractivity contribution in [1.82, 2.24) is 0 Å². The summed E-state index contributed by atoms with van der Waals surface area (Å²) < 4.78 is 9.78. The molecule has 1 unspecified atom stereocenters. The van der Waals surface area contributed by atoms with E-state index in [2.05, 4.69) is 0 Å². The van der Waals surface area contributed by atoms with Crippen molar-refractivity contribution in [2.24, 2.45) is 5.92 Å². The first kappa shape index (κ1) is 15.5. The van der Waals surface area contributed by atoms with Crippen LogP contribution in [-0.2, 0) is 19.1 Å². The Morgan fingerprint density at radius 2 is 1.53 bits per heavy atom. The number of rotatable bonds is 6. The lowest BCUT2D eigenvalue weighted by Crippen LogP contribution is -2.31. The SMILES string of the molecule is CCOC(=O)C(C(=O)OCC)C(Cl)c1ccccc1. The summed E-state index contributed by atoms with van der Waals surface area (Å²) in [5.74, 6) is -2.47. The van der Waals surface area contributed by atoms with E-state index in [0.717, 1.165) is 0 Å². The molecule has 5 heteroatoms. The van der Waals surface area contributed by atoms with E-state index < -0.39 is 23.2 Å². The Hall–Kier alpha value is -1.55. The van der Waals surface area contributed by atoms with E-state index in [0.29, 0.717) is 5.56 Å². The number of esters is 2. The summed E-state index contributed by atoms with van der Waals surface area (Å²) in [7, 11) is 0. The Balaban J connectivity index is 2.95. The molecular formula is C14H17ClO4. The molecule has 0 amide bonds. The van der Waals surface area contributed by atoms with Crippen LogP contribution in [0.5, 0.6) is 0 Å². The van der Waals surface area contributed by atoms with Gasteiger partial charge in [-0.15, -0.1) is 11.6 Å². The van der Waals surface area contributed by atoms with Gasteiger partial charge in [0.2, 0.25) is 0 Å². The van der Waals surface area contributed by atoms with E-state index in [1.54, 1.807) is 38.1 Å². The molecule has 104 valence electrons. The smallest absolute Gasteiger partial charge is 0.322 e. The van der Waals surface area contributed by atoms with Crippen LogP contribution in [0.25, 0.3) is 0 Å². The van der Waals surface area contributed by atoms with Crippen LogP contribution < -0.4 is 0 Å². The van der Waals surface area contributed by atoms with Crippen LogP contribution in [0.15, 0.2) is 30.3 Å². The standard InChI is InChI=1S/C14H17ClO4/c1-3-18-13(16)11(14(17)19-4-2)12(15)10-8-6-5-7-9-10/h5-9,11-12H,3-4H2,1-2H3. The van der Waals surface area contributed by atoms with Crippen LogP contribution in [0, 0.1) is 5.92 Å². The third-order valence-electron chi connectivity index (χ3n) is 2.49. The molecule has 0 saturated carbocycles. The van der Waals surface area contributed by atoms with Crippen molar-refractivity contribution >= 4 is 23.5 Å². The Labute approximate surface area is 117 Å². The highest BCUT2D eigenvalue weighted by molar-refractivity contribution is 6.24. The van der Waals surface area contributed by atoms with Crippen molar-refractivity contribution in [1.29, 1.82) is 0 Å². The van der Waals surface area contributed by atoms with E-state index in [1.165, 1.54) is 0 Å². The van der Waals surface area contributed by atoms with Crippen molar-refractivity contribution in [2.45, 2.75) is 19.2 Å². The number of ether oxygens (including phenoxy) is 2. The third kappa shape index (κ3) is 4.24. The largest absolute Gasteiger partial charge is 0.465 e. The van der Waals surface area contributed by atoms with Crippen molar-refractivity contribution in [3.8, 4) is 0 Å². The predicted molar refractivity (Wildman–Crippen MR) is 71.8 cm³/mol. The molecule has 1 rings (SSSR count). The molecule has 0 radical (unpaired) electrons. The fourth-order valence-corrected chi connectivity index (χ4v) is 1.98. The summed E-state index contributed by atoms with van der Waals surface area (Å²) in [6, 6.07) is 8.92. The maximum absolute atomic E-state index is 11.9. The summed E-state index contributed by atoms with van der Waals surface area (Å²) in [6.07, 6.45) is 0. The van der Waals surface area contributed by atoms with Crippen LogP contribution in [0.4, 0.5) is 0 Å². The lowest BCUT2D eigenvalue weighted by molar-refractivity contribution is -0.161. The van der Waals surface area contributed by atoms with Gasteiger partial charge >= 0.3 is 11.9 Å². The fourth-order valence-electron chi connectivity index (χ4n) is 1.63. The van der Waals surface area contributed by atoms with Gasteiger partial charge in [0.05, 0.1) is 18.6 Å². The van der Waals surface area contributed by atoms with Crippen LogP contribution in [-0.4, -0.2) is 25.2 Å². The number of hydrogen-bond acceptors (Lipinski definition) is 4. The van der Waals surface area contributed by atoms with Gasteiger partial charge in [-0.25, -0.2) is 0 Å². The van der Waals surface area contributed by atoms with E-state index >= 15 is 0 Å². The zero-order valence-corrected chi connectivity index (χ0v) is 11.7. The second kappa shape index (κ2) is 7.79. The van der Waals surface area contributed by atoms with Crippen molar-refractivity contribution in [2.75, 3.05) is 13.2 Å². The highest BCUT2D eigenvalue weighted by atomic mass is 35.5. The Morgan fingerprint density at radius 1 is 1.05 bits per heavy atom. The van der Waals surface area contributed by atoms with Crippen LogP contribution in [0.2, 0.25) is 0 Å². The second-order valence-corrected chi connectivity index (χ2v) is 4.26.